The van der Waals surface area contributed by atoms with E-state index in [9.17, 15) is 9.59 Å². The van der Waals surface area contributed by atoms with E-state index in [1.54, 1.807) is 0 Å². The van der Waals surface area contributed by atoms with E-state index in [0.717, 1.165) is 24.2 Å². The molecule has 3 aliphatic heterocycles. The quantitative estimate of drug-likeness (QED) is 0.411. The van der Waals surface area contributed by atoms with Crippen LogP contribution in [0.2, 0.25) is 0 Å². The van der Waals surface area contributed by atoms with Crippen LogP contribution in [0.25, 0.3) is 0 Å². The second-order valence-electron chi connectivity index (χ2n) is 10.2. The lowest BCUT2D eigenvalue weighted by atomic mass is 10.1. The van der Waals surface area contributed by atoms with Gasteiger partial charge in [0.15, 0.2) is 17.3 Å². The third kappa shape index (κ3) is 5.12. The molecule has 2 saturated heterocycles. The van der Waals surface area contributed by atoms with E-state index in [1.807, 2.05) is 60.4 Å². The highest BCUT2D eigenvalue weighted by molar-refractivity contribution is 6.01. The normalized spacial score (nSPS) is 18.9. The molecule has 4 heterocycles. The smallest absolute Gasteiger partial charge is 0.271 e. The van der Waals surface area contributed by atoms with Crippen molar-refractivity contribution in [2.75, 3.05) is 53.3 Å². The van der Waals surface area contributed by atoms with Crippen molar-refractivity contribution >= 4 is 40.5 Å². The molecule has 4 N–H and O–H groups in total. The van der Waals surface area contributed by atoms with Crippen molar-refractivity contribution in [3.63, 3.8) is 0 Å². The van der Waals surface area contributed by atoms with Crippen LogP contribution in [0.3, 0.4) is 0 Å². The number of carbonyl (C=O) groups excluding carboxylic acids is 2. The minimum atomic E-state index is -0.666. The molecule has 0 radical (unpaired) electrons. The molecule has 2 fully saturated rings. The number of para-hydroxylation sites is 1. The zero-order valence-electron chi connectivity index (χ0n) is 22.4. The van der Waals surface area contributed by atoms with Gasteiger partial charge in [0.05, 0.1) is 24.0 Å². The number of hydrogen-bond acceptors (Lipinski definition) is 9. The second-order valence-corrected chi connectivity index (χ2v) is 10.2. The monoisotopic (exact) mass is 543 g/mol. The molecule has 1 atom stereocenters. The van der Waals surface area contributed by atoms with Crippen LogP contribution in [0.1, 0.15) is 35.9 Å². The van der Waals surface area contributed by atoms with Crippen LogP contribution in [-0.2, 0) is 16.0 Å². The van der Waals surface area contributed by atoms with E-state index in [4.69, 9.17) is 20.2 Å². The predicted molar refractivity (Wildman–Crippen MR) is 153 cm³/mol. The second kappa shape index (κ2) is 11.0. The molecule has 208 valence electrons. The van der Waals surface area contributed by atoms with Crippen LogP contribution in [0.15, 0.2) is 48.5 Å². The SMILES string of the molecule is CCc1nc(C(N)=O)c(Nc2ccc3c(c2)OCC2CN(c4ccccc4)CC(=O)N32)nc1NC1CCOCC1. The molecule has 3 aromatic rings. The number of carbonyl (C=O) groups is 2. The first-order valence-corrected chi connectivity index (χ1v) is 13.7. The molecule has 0 bridgehead atoms. The molecule has 6 rings (SSSR count). The van der Waals surface area contributed by atoms with E-state index in [2.05, 4.69) is 20.5 Å². The highest BCUT2D eigenvalue weighted by atomic mass is 16.5. The van der Waals surface area contributed by atoms with Gasteiger partial charge in [-0.1, -0.05) is 25.1 Å². The van der Waals surface area contributed by atoms with Crippen LogP contribution in [0.5, 0.6) is 5.75 Å². The number of primary amides is 1. The number of amides is 2. The average Bonchev–Trinajstić information content (AvgIpc) is 2.97. The van der Waals surface area contributed by atoms with Gasteiger partial charge in [0, 0.05) is 43.2 Å². The van der Waals surface area contributed by atoms with Crippen LogP contribution in [0.4, 0.5) is 28.7 Å². The van der Waals surface area contributed by atoms with Crippen LogP contribution >= 0.6 is 0 Å². The fourth-order valence-electron chi connectivity index (χ4n) is 5.49. The van der Waals surface area contributed by atoms with Crippen LogP contribution in [-0.4, -0.2) is 66.8 Å². The van der Waals surface area contributed by atoms with Crippen molar-refractivity contribution in [2.24, 2.45) is 5.73 Å². The van der Waals surface area contributed by atoms with Crippen molar-refractivity contribution in [2.45, 2.75) is 38.3 Å². The Labute approximate surface area is 232 Å². The molecule has 0 saturated carbocycles. The van der Waals surface area contributed by atoms with Gasteiger partial charge in [0.2, 0.25) is 5.91 Å². The molecule has 11 nitrogen and oxygen atoms in total. The van der Waals surface area contributed by atoms with Gasteiger partial charge in [0.1, 0.15) is 12.4 Å². The number of aromatic nitrogens is 2. The number of rotatable bonds is 7. The number of nitrogens with one attached hydrogen (secondary N) is 2. The lowest BCUT2D eigenvalue weighted by Gasteiger charge is -2.44. The predicted octanol–water partition coefficient (Wildman–Crippen LogP) is 3.09. The van der Waals surface area contributed by atoms with Crippen molar-refractivity contribution < 1.29 is 19.1 Å². The molecule has 11 heteroatoms. The van der Waals surface area contributed by atoms with E-state index in [1.165, 1.54) is 0 Å². The first-order chi connectivity index (χ1) is 19.5. The molecule has 0 aliphatic carbocycles. The minimum absolute atomic E-state index is 0.0197. The standard InChI is InChI=1S/C29H33N7O4/c1-2-22-28(31-18-10-12-39-13-11-18)34-29(26(33-22)27(30)38)32-19-8-9-23-24(14-19)40-17-21-15-35(16-25(37)36(21)23)20-6-4-3-5-7-20/h3-9,14,18,21H,2,10-13,15-17H2,1H3,(H2,30,38)(H2,31,32,34). The largest absolute Gasteiger partial charge is 0.489 e. The van der Waals surface area contributed by atoms with E-state index < -0.39 is 5.91 Å². The number of benzene rings is 2. The summed E-state index contributed by atoms with van der Waals surface area (Å²) in [6, 6.07) is 15.6. The third-order valence-electron chi connectivity index (χ3n) is 7.52. The van der Waals surface area contributed by atoms with Crippen LogP contribution in [0, 0.1) is 0 Å². The van der Waals surface area contributed by atoms with Crippen LogP contribution < -0.4 is 30.9 Å². The van der Waals surface area contributed by atoms with Crippen molar-refractivity contribution in [1.29, 1.82) is 0 Å². The van der Waals surface area contributed by atoms with E-state index >= 15 is 0 Å². The number of anilines is 5. The maximum atomic E-state index is 13.3. The van der Waals surface area contributed by atoms with Gasteiger partial charge in [-0.2, -0.15) is 0 Å². The molecule has 0 spiro atoms. The summed E-state index contributed by atoms with van der Waals surface area (Å²) in [5, 5.41) is 6.69. The Balaban J connectivity index is 1.25. The number of hydrogen-bond donors (Lipinski definition) is 3. The third-order valence-corrected chi connectivity index (χ3v) is 7.52. The summed E-state index contributed by atoms with van der Waals surface area (Å²) in [5.74, 6) is 0.829. The Morgan fingerprint density at radius 1 is 1.10 bits per heavy atom. The maximum absolute atomic E-state index is 13.3. The first kappa shape index (κ1) is 25.9. The van der Waals surface area contributed by atoms with Gasteiger partial charge < -0.3 is 30.7 Å². The maximum Gasteiger partial charge on any atom is 0.271 e. The van der Waals surface area contributed by atoms with Gasteiger partial charge in [-0.15, -0.1) is 0 Å². The Kier molecular flexibility index (Phi) is 7.12. The summed E-state index contributed by atoms with van der Waals surface area (Å²) in [6.45, 7) is 4.70. The number of aryl methyl sites for hydroxylation is 1. The number of fused-ring (bicyclic) bond motifs is 3. The summed E-state index contributed by atoms with van der Waals surface area (Å²) < 4.78 is 11.6. The van der Waals surface area contributed by atoms with Gasteiger partial charge >= 0.3 is 0 Å². The molecular formula is C29H33N7O4. The highest BCUT2D eigenvalue weighted by Gasteiger charge is 2.38. The van der Waals surface area contributed by atoms with E-state index in [0.29, 0.717) is 62.3 Å². The Hall–Kier alpha value is -4.38. The summed E-state index contributed by atoms with van der Waals surface area (Å²) in [4.78, 5) is 38.8. The van der Waals surface area contributed by atoms with Gasteiger partial charge in [0.25, 0.3) is 5.91 Å². The van der Waals surface area contributed by atoms with Crippen molar-refractivity contribution in [3.8, 4) is 5.75 Å². The number of nitrogens with zero attached hydrogens (tertiary/aromatic N) is 4. The van der Waals surface area contributed by atoms with Gasteiger partial charge in [-0.05, 0) is 43.5 Å². The summed E-state index contributed by atoms with van der Waals surface area (Å²) >= 11 is 0. The molecule has 2 amide bonds. The number of nitrogens with two attached hydrogens (primary N) is 1. The zero-order valence-corrected chi connectivity index (χ0v) is 22.4. The average molecular weight is 544 g/mol. The van der Waals surface area contributed by atoms with Crippen molar-refractivity contribution in [3.05, 3.63) is 59.9 Å². The van der Waals surface area contributed by atoms with E-state index in [-0.39, 0.29) is 29.5 Å². The Bertz CT molecular complexity index is 1410. The molecule has 1 aromatic heterocycles. The van der Waals surface area contributed by atoms with Crippen molar-refractivity contribution in [1.82, 2.24) is 9.97 Å². The highest BCUT2D eigenvalue weighted by Crippen LogP contribution is 2.39. The molecule has 1 unspecified atom stereocenters. The Morgan fingerprint density at radius 2 is 1.90 bits per heavy atom. The van der Waals surface area contributed by atoms with Gasteiger partial charge in [-0.3, -0.25) is 14.5 Å². The lowest BCUT2D eigenvalue weighted by molar-refractivity contribution is -0.119. The minimum Gasteiger partial charge on any atom is -0.489 e. The Morgan fingerprint density at radius 3 is 2.65 bits per heavy atom. The fraction of sp³-hybridized carbons (Fsp3) is 0.379. The summed E-state index contributed by atoms with van der Waals surface area (Å²) in [5.41, 5.74) is 8.83. The molecule has 2 aromatic carbocycles. The topological polar surface area (TPSA) is 135 Å². The molecular weight excluding hydrogens is 510 g/mol. The summed E-state index contributed by atoms with van der Waals surface area (Å²) in [6.07, 6.45) is 2.33. The first-order valence-electron chi connectivity index (χ1n) is 13.7. The lowest BCUT2D eigenvalue weighted by Crippen LogP contribution is -2.60. The summed E-state index contributed by atoms with van der Waals surface area (Å²) in [7, 11) is 0. The molecule has 3 aliphatic rings. The number of ether oxygens (including phenoxy) is 2. The molecule has 40 heavy (non-hydrogen) atoms. The zero-order chi connectivity index (χ0) is 27.6. The van der Waals surface area contributed by atoms with Gasteiger partial charge in [-0.25, -0.2) is 9.97 Å². The fourth-order valence-corrected chi connectivity index (χ4v) is 5.49. The number of piperazine rings is 1.